The van der Waals surface area contributed by atoms with Crippen LogP contribution in [0.1, 0.15) is 21.8 Å². The summed E-state index contributed by atoms with van der Waals surface area (Å²) in [7, 11) is 0. The Kier molecular flexibility index (Phi) is 124. The van der Waals surface area contributed by atoms with Gasteiger partial charge in [0.2, 0.25) is 0 Å². The third-order valence-electron chi connectivity index (χ3n) is 0.316. The van der Waals surface area contributed by atoms with E-state index in [0.29, 0.717) is 0 Å². The van der Waals surface area contributed by atoms with Crippen molar-refractivity contribution in [2.45, 2.75) is 21.8 Å². The van der Waals surface area contributed by atoms with Crippen LogP contribution in [0.2, 0.25) is 0 Å². The number of rotatable bonds is 1. The summed E-state index contributed by atoms with van der Waals surface area (Å²) in [6.07, 6.45) is 2.15. The molecule has 0 radical (unpaired) electrons. The smallest absolute Gasteiger partial charge is 0.102 e. The Morgan fingerprint density at radius 3 is 1.43 bits per heavy atom. The number of hydrogen-bond donors (Lipinski definition) is 0. The molecule has 0 aliphatic carbocycles. The summed E-state index contributed by atoms with van der Waals surface area (Å²) in [6.45, 7) is 2.17. The Labute approximate surface area is 53.7 Å². The van der Waals surface area contributed by atoms with Crippen LogP contribution in [0.4, 0.5) is 0 Å². The van der Waals surface area contributed by atoms with Crippen molar-refractivity contribution < 1.29 is 0 Å². The van der Waals surface area contributed by atoms with E-state index < -0.39 is 0 Å². The summed E-state index contributed by atoms with van der Waals surface area (Å²) in [5.74, 6) is 1.29. The molecule has 1 heteroatoms. The van der Waals surface area contributed by atoms with Gasteiger partial charge in [0.25, 0.3) is 0 Å². The molecule has 0 aliphatic rings. The molecule has 0 aromatic carbocycles. The molecule has 0 fully saturated rings. The van der Waals surface area contributed by atoms with Crippen LogP contribution in [0.5, 0.6) is 0 Å². The summed E-state index contributed by atoms with van der Waals surface area (Å²) in [5, 5.41) is 0. The lowest BCUT2D eigenvalue weighted by molar-refractivity contribution is 1.53. The lowest BCUT2D eigenvalue weighted by atomic mass is 11.0. The zero-order chi connectivity index (χ0) is 3.41. The van der Waals surface area contributed by atoms with Crippen molar-refractivity contribution in [2.24, 2.45) is 0 Å². The van der Waals surface area contributed by atoms with Crippen LogP contribution in [0.25, 0.3) is 0 Å². The summed E-state index contributed by atoms with van der Waals surface area (Å²) < 4.78 is 0. The van der Waals surface area contributed by atoms with E-state index in [4.69, 9.17) is 0 Å². The second-order valence-corrected chi connectivity index (χ2v) is 1.90. The third-order valence-corrected chi connectivity index (χ3v) is 0.949. The van der Waals surface area contributed by atoms with Gasteiger partial charge in [-0.3, -0.25) is 0 Å². The van der Waals surface area contributed by atoms with Crippen LogP contribution < -0.4 is 0 Å². The van der Waals surface area contributed by atoms with E-state index in [-0.39, 0.29) is 22.3 Å². The van der Waals surface area contributed by atoms with Gasteiger partial charge in [0, 0.05) is 0 Å². The molecular formula is C6H20S. The maximum atomic E-state index is 2.17. The number of hydrogen-bond acceptors (Lipinski definition) is 0. The van der Waals surface area contributed by atoms with Gasteiger partial charge in [-0.25, -0.2) is 0 Å². The molecule has 0 nitrogen and oxygen atoms in total. The van der Waals surface area contributed by atoms with Crippen molar-refractivity contribution in [3.63, 3.8) is 0 Å². The van der Waals surface area contributed by atoms with Gasteiger partial charge in [-0.15, -0.1) is 0 Å². The van der Waals surface area contributed by atoms with Crippen LogP contribution in [-0.2, 0) is 11.8 Å². The quantitative estimate of drug-likeness (QED) is 0.285. The Morgan fingerprint density at radius 2 is 1.43 bits per heavy atom. The van der Waals surface area contributed by atoms with Crippen LogP contribution in [0, 0.1) is 7.43 Å². The Morgan fingerprint density at radius 1 is 1.29 bits per heavy atom. The summed E-state index contributed by atoms with van der Waals surface area (Å²) in [5.41, 5.74) is 0. The zero-order valence-corrected chi connectivity index (χ0v) is 5.05. The van der Waals surface area contributed by atoms with Crippen molar-refractivity contribution in [2.75, 3.05) is 12.0 Å². The fourth-order valence-electron chi connectivity index (χ4n) is 0. The third kappa shape index (κ3) is 65.9. The molecule has 0 aromatic heterocycles. The molecule has 0 bridgehead atoms. The molecule has 0 saturated heterocycles. The predicted molar refractivity (Wildman–Crippen MR) is 45.1 cm³/mol. The van der Waals surface area contributed by atoms with Gasteiger partial charge in [0.1, 0.15) is 5.75 Å². The predicted octanol–water partition coefficient (Wildman–Crippen LogP) is 2.17. The first kappa shape index (κ1) is 26.4. The maximum absolute atomic E-state index is 2.17. The van der Waals surface area contributed by atoms with Gasteiger partial charge in [-0.2, -0.15) is 0 Å². The largest absolute Gasteiger partial charge is 0.358 e. The molecule has 0 amide bonds. The fourth-order valence-corrected chi connectivity index (χ4v) is 0. The van der Waals surface area contributed by atoms with Crippen LogP contribution >= 0.6 is 0 Å². The highest BCUT2D eigenvalue weighted by Crippen LogP contribution is 1.54. The SMILES string of the molecule is C.C.CC[SH+]C.[CH3-]. The van der Waals surface area contributed by atoms with Gasteiger partial charge in [-0.05, 0) is 18.7 Å². The lowest BCUT2D eigenvalue weighted by Gasteiger charge is -1.58. The normalized spacial score (nSPS) is 4.29. The molecule has 0 spiro atoms. The van der Waals surface area contributed by atoms with E-state index in [2.05, 4.69) is 13.2 Å². The number of thiol groups is 1. The molecule has 0 heterocycles. The highest BCUT2D eigenvalue weighted by Gasteiger charge is 1.66. The molecule has 0 N–H and O–H groups in total. The van der Waals surface area contributed by atoms with Crippen molar-refractivity contribution in [1.29, 1.82) is 0 Å². The molecule has 0 unspecified atom stereocenters. The standard InChI is InChI=1S/C3H8S.2CH4.CH3/c1-3-4-2;;;/h3H2,1-2H3;2*1H4;1H3/q;;;-1/p+1. The van der Waals surface area contributed by atoms with Crippen molar-refractivity contribution in [3.8, 4) is 0 Å². The fraction of sp³-hybridized carbons (Fsp3) is 0.833. The van der Waals surface area contributed by atoms with Crippen LogP contribution in [-0.4, -0.2) is 12.0 Å². The second kappa shape index (κ2) is 32.9. The molecule has 0 atom stereocenters. The molecular weight excluding hydrogens is 104 g/mol. The van der Waals surface area contributed by atoms with Crippen molar-refractivity contribution in [3.05, 3.63) is 7.43 Å². The highest BCUT2D eigenvalue weighted by atomic mass is 32.2. The lowest BCUT2D eigenvalue weighted by Crippen LogP contribution is -1.71. The highest BCUT2D eigenvalue weighted by molar-refractivity contribution is 7.77. The Balaban J connectivity index is -0.0000000150. The molecule has 50 valence electrons. The topological polar surface area (TPSA) is 0 Å². The van der Waals surface area contributed by atoms with Gasteiger partial charge in [-0.1, -0.05) is 14.9 Å². The van der Waals surface area contributed by atoms with Crippen molar-refractivity contribution in [1.82, 2.24) is 0 Å². The monoisotopic (exact) mass is 124 g/mol. The maximum Gasteiger partial charge on any atom is 0.102 e. The minimum atomic E-state index is 0. The Hall–Kier alpha value is 0.350. The minimum Gasteiger partial charge on any atom is -0.358 e. The first-order valence-electron chi connectivity index (χ1n) is 1.47. The Bertz CT molecular complexity index is 6.14. The van der Waals surface area contributed by atoms with Gasteiger partial charge >= 0.3 is 0 Å². The average molecular weight is 124 g/mol. The van der Waals surface area contributed by atoms with E-state index >= 15 is 0 Å². The van der Waals surface area contributed by atoms with E-state index in [1.54, 1.807) is 0 Å². The van der Waals surface area contributed by atoms with E-state index in [1.165, 1.54) is 17.5 Å². The summed E-state index contributed by atoms with van der Waals surface area (Å²) >= 11 is 1.50. The van der Waals surface area contributed by atoms with Crippen LogP contribution in [0.3, 0.4) is 0 Å². The van der Waals surface area contributed by atoms with E-state index in [1.807, 2.05) is 0 Å². The van der Waals surface area contributed by atoms with E-state index in [0.717, 1.165) is 0 Å². The van der Waals surface area contributed by atoms with Gasteiger partial charge in [0.15, 0.2) is 0 Å². The molecule has 7 heavy (non-hydrogen) atoms. The minimum absolute atomic E-state index is 0. The zero-order valence-electron chi connectivity index (χ0n) is 4.15. The van der Waals surface area contributed by atoms with Crippen LogP contribution in [0.15, 0.2) is 0 Å². The van der Waals surface area contributed by atoms with Gasteiger partial charge in [0.05, 0.1) is 6.26 Å². The van der Waals surface area contributed by atoms with Crippen molar-refractivity contribution >= 4 is 11.8 Å². The van der Waals surface area contributed by atoms with E-state index in [9.17, 15) is 0 Å². The summed E-state index contributed by atoms with van der Waals surface area (Å²) in [6, 6.07) is 0. The average Bonchev–Trinajstić information content (AvgIpc) is 1.37. The first-order valence-corrected chi connectivity index (χ1v) is 3.00. The molecule has 0 aromatic rings. The first-order chi connectivity index (χ1) is 1.91. The molecule has 0 rings (SSSR count). The van der Waals surface area contributed by atoms with Gasteiger partial charge < -0.3 is 7.43 Å². The molecule has 0 saturated carbocycles. The second-order valence-electron chi connectivity index (χ2n) is 0.632. The summed E-state index contributed by atoms with van der Waals surface area (Å²) in [4.78, 5) is 0. The molecule has 0 aliphatic heterocycles.